The lowest BCUT2D eigenvalue weighted by Gasteiger charge is -2.10. The fraction of sp³-hybridized carbons (Fsp3) is 0.235. The molecule has 0 atom stereocenters. The van der Waals surface area contributed by atoms with Crippen LogP contribution in [0.2, 0.25) is 5.02 Å². The minimum Gasteiger partial charge on any atom is -0.352 e. The van der Waals surface area contributed by atoms with E-state index in [-0.39, 0.29) is 5.91 Å². The van der Waals surface area contributed by atoms with Crippen molar-refractivity contribution in [2.45, 2.75) is 13.3 Å². The SMILES string of the molecule is Cc1cc(C(=O)NCCc2ccc(Cl)cc2)ccc1NS(C)(=O)=O. The molecular weight excluding hydrogens is 348 g/mol. The second kappa shape index (κ2) is 7.68. The van der Waals surface area contributed by atoms with Crippen molar-refractivity contribution in [3.8, 4) is 0 Å². The molecule has 2 aromatic rings. The quantitative estimate of drug-likeness (QED) is 0.825. The summed E-state index contributed by atoms with van der Waals surface area (Å²) in [6.07, 6.45) is 1.79. The van der Waals surface area contributed by atoms with Gasteiger partial charge in [-0.1, -0.05) is 23.7 Å². The van der Waals surface area contributed by atoms with Crippen LogP contribution < -0.4 is 10.0 Å². The highest BCUT2D eigenvalue weighted by Gasteiger charge is 2.09. The maximum Gasteiger partial charge on any atom is 0.251 e. The monoisotopic (exact) mass is 366 g/mol. The molecule has 0 aliphatic carbocycles. The number of nitrogens with one attached hydrogen (secondary N) is 2. The van der Waals surface area contributed by atoms with Gasteiger partial charge in [0.15, 0.2) is 0 Å². The minimum absolute atomic E-state index is 0.196. The first-order chi connectivity index (χ1) is 11.2. The molecule has 7 heteroatoms. The number of hydrogen-bond donors (Lipinski definition) is 2. The highest BCUT2D eigenvalue weighted by Crippen LogP contribution is 2.17. The lowest BCUT2D eigenvalue weighted by Crippen LogP contribution is -2.25. The fourth-order valence-corrected chi connectivity index (χ4v) is 2.95. The van der Waals surface area contributed by atoms with E-state index in [9.17, 15) is 13.2 Å². The van der Waals surface area contributed by atoms with E-state index in [1.165, 1.54) is 0 Å². The molecule has 0 fully saturated rings. The number of aryl methyl sites for hydroxylation is 1. The van der Waals surface area contributed by atoms with Crippen LogP contribution in [0.15, 0.2) is 42.5 Å². The van der Waals surface area contributed by atoms with Gasteiger partial charge in [0.2, 0.25) is 10.0 Å². The lowest BCUT2D eigenvalue weighted by molar-refractivity contribution is 0.0954. The molecule has 0 spiro atoms. The third-order valence-electron chi connectivity index (χ3n) is 3.40. The van der Waals surface area contributed by atoms with Crippen LogP contribution in [0.4, 0.5) is 5.69 Å². The van der Waals surface area contributed by atoms with E-state index < -0.39 is 10.0 Å². The molecular formula is C17H19ClN2O3S. The molecule has 2 rings (SSSR count). The van der Waals surface area contributed by atoms with Crippen molar-refractivity contribution in [1.82, 2.24) is 5.32 Å². The van der Waals surface area contributed by atoms with Gasteiger partial charge in [-0.2, -0.15) is 0 Å². The summed E-state index contributed by atoms with van der Waals surface area (Å²) in [5.41, 5.74) is 2.73. The summed E-state index contributed by atoms with van der Waals surface area (Å²) in [6.45, 7) is 2.25. The van der Waals surface area contributed by atoms with Crippen LogP contribution in [0.3, 0.4) is 0 Å². The Hall–Kier alpha value is -2.05. The highest BCUT2D eigenvalue weighted by atomic mass is 35.5. The van der Waals surface area contributed by atoms with Gasteiger partial charge in [0.05, 0.1) is 11.9 Å². The van der Waals surface area contributed by atoms with Crippen molar-refractivity contribution >= 4 is 33.2 Å². The molecule has 24 heavy (non-hydrogen) atoms. The number of carbonyl (C=O) groups is 1. The van der Waals surface area contributed by atoms with E-state index in [1.54, 1.807) is 25.1 Å². The molecule has 0 aliphatic rings. The maximum atomic E-state index is 12.2. The van der Waals surface area contributed by atoms with E-state index in [2.05, 4.69) is 10.0 Å². The highest BCUT2D eigenvalue weighted by molar-refractivity contribution is 7.92. The number of hydrogen-bond acceptors (Lipinski definition) is 3. The smallest absolute Gasteiger partial charge is 0.251 e. The van der Waals surface area contributed by atoms with Gasteiger partial charge in [-0.05, 0) is 54.8 Å². The summed E-state index contributed by atoms with van der Waals surface area (Å²) < 4.78 is 25.0. The summed E-state index contributed by atoms with van der Waals surface area (Å²) >= 11 is 5.83. The summed E-state index contributed by atoms with van der Waals surface area (Å²) in [4.78, 5) is 12.2. The first-order valence-corrected chi connectivity index (χ1v) is 9.62. The number of rotatable bonds is 6. The average Bonchev–Trinajstić information content (AvgIpc) is 2.50. The van der Waals surface area contributed by atoms with Crippen LogP contribution in [-0.4, -0.2) is 27.1 Å². The van der Waals surface area contributed by atoms with Gasteiger partial charge in [0.1, 0.15) is 0 Å². The molecule has 0 bridgehead atoms. The van der Waals surface area contributed by atoms with Gasteiger partial charge in [-0.25, -0.2) is 8.42 Å². The third-order valence-corrected chi connectivity index (χ3v) is 4.24. The maximum absolute atomic E-state index is 12.2. The topological polar surface area (TPSA) is 75.3 Å². The molecule has 2 N–H and O–H groups in total. The van der Waals surface area contributed by atoms with E-state index in [0.29, 0.717) is 34.8 Å². The Morgan fingerprint density at radius 2 is 1.79 bits per heavy atom. The zero-order valence-corrected chi connectivity index (χ0v) is 15.0. The van der Waals surface area contributed by atoms with Crippen molar-refractivity contribution < 1.29 is 13.2 Å². The van der Waals surface area contributed by atoms with Gasteiger partial charge >= 0.3 is 0 Å². The Bertz CT molecular complexity index is 833. The number of anilines is 1. The third kappa shape index (κ3) is 5.54. The second-order valence-corrected chi connectivity index (χ2v) is 7.72. The molecule has 2 aromatic carbocycles. The molecule has 0 heterocycles. The first kappa shape index (κ1) is 18.3. The molecule has 0 aromatic heterocycles. The fourth-order valence-electron chi connectivity index (χ4n) is 2.19. The Balaban J connectivity index is 1.94. The molecule has 0 aliphatic heterocycles. The van der Waals surface area contributed by atoms with Gasteiger partial charge in [0, 0.05) is 17.1 Å². The van der Waals surface area contributed by atoms with Crippen molar-refractivity contribution in [3.05, 3.63) is 64.2 Å². The number of amides is 1. The normalized spacial score (nSPS) is 11.1. The molecule has 0 radical (unpaired) electrons. The predicted octanol–water partition coefficient (Wildman–Crippen LogP) is 2.99. The zero-order chi connectivity index (χ0) is 17.7. The second-order valence-electron chi connectivity index (χ2n) is 5.54. The van der Waals surface area contributed by atoms with Crippen LogP contribution in [0, 0.1) is 6.92 Å². The van der Waals surface area contributed by atoms with Gasteiger partial charge in [-0.15, -0.1) is 0 Å². The molecule has 5 nitrogen and oxygen atoms in total. The zero-order valence-electron chi connectivity index (χ0n) is 13.5. The Morgan fingerprint density at radius 1 is 1.12 bits per heavy atom. The van der Waals surface area contributed by atoms with E-state index in [1.807, 2.05) is 24.3 Å². The summed E-state index contributed by atoms with van der Waals surface area (Å²) in [5.74, 6) is -0.196. The van der Waals surface area contributed by atoms with Gasteiger partial charge in [0.25, 0.3) is 5.91 Å². The van der Waals surface area contributed by atoms with Crippen LogP contribution >= 0.6 is 11.6 Å². The molecule has 128 valence electrons. The average molecular weight is 367 g/mol. The Labute approximate surface area is 147 Å². The van der Waals surface area contributed by atoms with Crippen molar-refractivity contribution in [2.24, 2.45) is 0 Å². The lowest BCUT2D eigenvalue weighted by atomic mass is 10.1. The summed E-state index contributed by atoms with van der Waals surface area (Å²) in [5, 5.41) is 3.53. The first-order valence-electron chi connectivity index (χ1n) is 7.36. The van der Waals surface area contributed by atoms with Gasteiger partial charge < -0.3 is 5.32 Å². The molecule has 0 saturated carbocycles. The van der Waals surface area contributed by atoms with Crippen LogP contribution in [-0.2, 0) is 16.4 Å². The van der Waals surface area contributed by atoms with Crippen molar-refractivity contribution in [3.63, 3.8) is 0 Å². The molecule has 0 unspecified atom stereocenters. The minimum atomic E-state index is -3.34. The van der Waals surface area contributed by atoms with E-state index >= 15 is 0 Å². The standard InChI is InChI=1S/C17H19ClN2O3S/c1-12-11-14(5-8-16(12)20-24(2,22)23)17(21)19-10-9-13-3-6-15(18)7-4-13/h3-8,11,20H,9-10H2,1-2H3,(H,19,21). The summed E-state index contributed by atoms with van der Waals surface area (Å²) in [6, 6.07) is 12.3. The van der Waals surface area contributed by atoms with Crippen LogP contribution in [0.1, 0.15) is 21.5 Å². The largest absolute Gasteiger partial charge is 0.352 e. The van der Waals surface area contributed by atoms with Crippen molar-refractivity contribution in [1.29, 1.82) is 0 Å². The Morgan fingerprint density at radius 3 is 2.38 bits per heavy atom. The number of carbonyl (C=O) groups excluding carboxylic acids is 1. The number of sulfonamides is 1. The molecule has 0 saturated heterocycles. The van der Waals surface area contributed by atoms with Gasteiger partial charge in [-0.3, -0.25) is 9.52 Å². The summed E-state index contributed by atoms with van der Waals surface area (Å²) in [7, 11) is -3.34. The predicted molar refractivity (Wildman–Crippen MR) is 97.1 cm³/mol. The number of halogens is 1. The Kier molecular flexibility index (Phi) is 5.85. The van der Waals surface area contributed by atoms with E-state index in [0.717, 1.165) is 11.8 Å². The van der Waals surface area contributed by atoms with Crippen molar-refractivity contribution in [2.75, 3.05) is 17.5 Å². The van der Waals surface area contributed by atoms with Crippen LogP contribution in [0.25, 0.3) is 0 Å². The molecule has 1 amide bonds. The van der Waals surface area contributed by atoms with E-state index in [4.69, 9.17) is 11.6 Å². The van der Waals surface area contributed by atoms with Crippen LogP contribution in [0.5, 0.6) is 0 Å². The number of benzene rings is 2.